The highest BCUT2D eigenvalue weighted by atomic mass is 32.1. The first kappa shape index (κ1) is 10.5. The number of amides is 1. The molecule has 1 aromatic carbocycles. The van der Waals surface area contributed by atoms with Gasteiger partial charge in [-0.3, -0.25) is 4.79 Å². The van der Waals surface area contributed by atoms with Crippen molar-refractivity contribution < 1.29 is 19.1 Å². The molecule has 5 nitrogen and oxygen atoms in total. The molecule has 0 aliphatic carbocycles. The first-order chi connectivity index (χ1) is 7.49. The van der Waals surface area contributed by atoms with Crippen molar-refractivity contribution in [3.63, 3.8) is 0 Å². The number of rotatable bonds is 2. The molecular formula is C9H5FN2O3S. The predicted octanol–water partition coefficient (Wildman–Crippen LogP) is 1.23. The first-order valence-electron chi connectivity index (χ1n) is 4.12. The van der Waals surface area contributed by atoms with Crippen molar-refractivity contribution in [3.8, 4) is 0 Å². The number of nitrogens with zero attached hydrogens (tertiary/aromatic N) is 1. The standard InChI is InChI=1S/C9H5FN2O3S/c10-3-1-4(9(14)15)6-5(2-3)16-8(12-6)7(11)13/h1-2H,(H2,11,13)(H,14,15). The van der Waals surface area contributed by atoms with Gasteiger partial charge in [0, 0.05) is 0 Å². The number of carboxylic acid groups (broad SMARTS) is 1. The minimum atomic E-state index is -1.30. The highest BCUT2D eigenvalue weighted by molar-refractivity contribution is 7.20. The Kier molecular flexibility index (Phi) is 2.31. The van der Waals surface area contributed by atoms with E-state index in [4.69, 9.17) is 10.8 Å². The molecule has 1 amide bonds. The average molecular weight is 240 g/mol. The van der Waals surface area contributed by atoms with Gasteiger partial charge in [-0.25, -0.2) is 14.2 Å². The van der Waals surface area contributed by atoms with Crippen LogP contribution in [0.2, 0.25) is 0 Å². The zero-order valence-electron chi connectivity index (χ0n) is 7.73. The van der Waals surface area contributed by atoms with Crippen LogP contribution in [0.4, 0.5) is 4.39 Å². The van der Waals surface area contributed by atoms with Crippen molar-refractivity contribution in [1.82, 2.24) is 4.98 Å². The number of aromatic carboxylic acids is 1. The highest BCUT2D eigenvalue weighted by Gasteiger charge is 2.17. The number of carboxylic acids is 1. The Morgan fingerprint density at radius 1 is 1.44 bits per heavy atom. The molecule has 0 atom stereocenters. The summed E-state index contributed by atoms with van der Waals surface area (Å²) in [5.41, 5.74) is 4.81. The number of primary amides is 1. The summed E-state index contributed by atoms with van der Waals surface area (Å²) < 4.78 is 13.4. The molecule has 0 radical (unpaired) electrons. The molecule has 0 bridgehead atoms. The minimum absolute atomic E-state index is 0.0388. The van der Waals surface area contributed by atoms with Crippen molar-refractivity contribution in [1.29, 1.82) is 0 Å². The molecule has 1 aromatic heterocycles. The van der Waals surface area contributed by atoms with Crippen molar-refractivity contribution in [2.45, 2.75) is 0 Å². The second-order valence-electron chi connectivity index (χ2n) is 2.99. The number of thiazole rings is 1. The maximum atomic E-state index is 13.1. The number of fused-ring (bicyclic) bond motifs is 1. The Morgan fingerprint density at radius 3 is 2.69 bits per heavy atom. The normalized spacial score (nSPS) is 10.6. The van der Waals surface area contributed by atoms with E-state index in [-0.39, 0.29) is 20.8 Å². The number of hydrogen-bond donors (Lipinski definition) is 2. The van der Waals surface area contributed by atoms with Crippen LogP contribution in [0.25, 0.3) is 10.2 Å². The molecule has 3 N–H and O–H groups in total. The number of hydrogen-bond acceptors (Lipinski definition) is 4. The number of benzene rings is 1. The fourth-order valence-corrected chi connectivity index (χ4v) is 2.13. The van der Waals surface area contributed by atoms with Crippen LogP contribution in [0.5, 0.6) is 0 Å². The molecular weight excluding hydrogens is 235 g/mol. The Labute approximate surface area is 92.3 Å². The van der Waals surface area contributed by atoms with E-state index in [1.54, 1.807) is 0 Å². The van der Waals surface area contributed by atoms with Crippen LogP contribution >= 0.6 is 11.3 Å². The van der Waals surface area contributed by atoms with Crippen molar-refractivity contribution in [2.75, 3.05) is 0 Å². The molecule has 82 valence electrons. The SMILES string of the molecule is NC(=O)c1nc2c(C(=O)O)cc(F)cc2s1. The van der Waals surface area contributed by atoms with E-state index < -0.39 is 17.7 Å². The number of nitrogens with two attached hydrogens (primary N) is 1. The predicted molar refractivity (Wildman–Crippen MR) is 55.1 cm³/mol. The molecule has 0 spiro atoms. The van der Waals surface area contributed by atoms with Gasteiger partial charge in [0.25, 0.3) is 5.91 Å². The molecule has 2 rings (SSSR count). The Balaban J connectivity index is 2.80. The summed E-state index contributed by atoms with van der Waals surface area (Å²) in [6.07, 6.45) is 0. The van der Waals surface area contributed by atoms with Gasteiger partial charge in [-0.05, 0) is 12.1 Å². The number of carbonyl (C=O) groups is 2. The van der Waals surface area contributed by atoms with Gasteiger partial charge in [-0.15, -0.1) is 11.3 Å². The van der Waals surface area contributed by atoms with E-state index in [9.17, 15) is 14.0 Å². The smallest absolute Gasteiger partial charge is 0.338 e. The summed E-state index contributed by atoms with van der Waals surface area (Å²) in [4.78, 5) is 25.5. The molecule has 1 heterocycles. The molecule has 0 aliphatic rings. The van der Waals surface area contributed by atoms with Crippen LogP contribution in [0, 0.1) is 5.82 Å². The zero-order chi connectivity index (χ0) is 11.9. The third-order valence-corrected chi connectivity index (χ3v) is 2.92. The van der Waals surface area contributed by atoms with Gasteiger partial charge in [-0.2, -0.15) is 0 Å². The lowest BCUT2D eigenvalue weighted by atomic mass is 10.2. The third kappa shape index (κ3) is 1.61. The summed E-state index contributed by atoms with van der Waals surface area (Å²) in [5, 5.41) is 8.80. The van der Waals surface area contributed by atoms with Gasteiger partial charge >= 0.3 is 5.97 Å². The lowest BCUT2D eigenvalue weighted by molar-refractivity contribution is 0.0698. The fourth-order valence-electron chi connectivity index (χ4n) is 1.26. The molecule has 2 aromatic rings. The maximum absolute atomic E-state index is 13.1. The van der Waals surface area contributed by atoms with Gasteiger partial charge in [0.1, 0.15) is 5.82 Å². The Bertz CT molecular complexity index is 608. The van der Waals surface area contributed by atoms with E-state index in [0.29, 0.717) is 0 Å². The second kappa shape index (κ2) is 3.53. The third-order valence-electron chi connectivity index (χ3n) is 1.90. The summed E-state index contributed by atoms with van der Waals surface area (Å²) in [7, 11) is 0. The molecule has 7 heteroatoms. The van der Waals surface area contributed by atoms with Gasteiger partial charge < -0.3 is 10.8 Å². The Hall–Kier alpha value is -2.02. The number of carbonyl (C=O) groups excluding carboxylic acids is 1. The number of aromatic nitrogens is 1. The van der Waals surface area contributed by atoms with Gasteiger partial charge in [0.2, 0.25) is 0 Å². The van der Waals surface area contributed by atoms with E-state index in [2.05, 4.69) is 4.98 Å². The van der Waals surface area contributed by atoms with Crippen LogP contribution in [-0.2, 0) is 0 Å². The number of halogens is 1. The monoisotopic (exact) mass is 240 g/mol. The van der Waals surface area contributed by atoms with Crippen LogP contribution in [0.1, 0.15) is 20.2 Å². The fraction of sp³-hybridized carbons (Fsp3) is 0. The second-order valence-corrected chi connectivity index (χ2v) is 4.02. The lowest BCUT2D eigenvalue weighted by Gasteiger charge is -1.95. The van der Waals surface area contributed by atoms with Crippen LogP contribution in [-0.4, -0.2) is 22.0 Å². The highest BCUT2D eigenvalue weighted by Crippen LogP contribution is 2.26. The van der Waals surface area contributed by atoms with Gasteiger partial charge in [-0.1, -0.05) is 0 Å². The summed E-state index contributed by atoms with van der Waals surface area (Å²) >= 11 is 0.862. The minimum Gasteiger partial charge on any atom is -0.478 e. The van der Waals surface area contributed by atoms with Crippen molar-refractivity contribution in [2.24, 2.45) is 5.73 Å². The summed E-state index contributed by atoms with van der Waals surface area (Å²) in [6, 6.07) is 1.97. The zero-order valence-corrected chi connectivity index (χ0v) is 8.55. The molecule has 0 saturated carbocycles. The van der Waals surface area contributed by atoms with Crippen LogP contribution < -0.4 is 5.73 Å². The lowest BCUT2D eigenvalue weighted by Crippen LogP contribution is -2.10. The molecule has 0 unspecified atom stereocenters. The van der Waals surface area contributed by atoms with Gasteiger partial charge in [0.15, 0.2) is 5.01 Å². The quantitative estimate of drug-likeness (QED) is 0.825. The van der Waals surface area contributed by atoms with Crippen molar-refractivity contribution >= 4 is 33.4 Å². The Morgan fingerprint density at radius 2 is 2.12 bits per heavy atom. The van der Waals surface area contributed by atoms with Gasteiger partial charge in [0.05, 0.1) is 15.8 Å². The summed E-state index contributed by atoms with van der Waals surface area (Å²) in [5.74, 6) is -2.76. The average Bonchev–Trinajstić information content (AvgIpc) is 2.59. The van der Waals surface area contributed by atoms with E-state index in [1.807, 2.05) is 0 Å². The molecule has 16 heavy (non-hydrogen) atoms. The topological polar surface area (TPSA) is 93.3 Å². The molecule has 0 saturated heterocycles. The van der Waals surface area contributed by atoms with E-state index in [1.165, 1.54) is 0 Å². The summed E-state index contributed by atoms with van der Waals surface area (Å²) in [6.45, 7) is 0. The van der Waals surface area contributed by atoms with Crippen LogP contribution in [0.3, 0.4) is 0 Å². The van der Waals surface area contributed by atoms with E-state index >= 15 is 0 Å². The van der Waals surface area contributed by atoms with E-state index in [0.717, 1.165) is 23.5 Å². The molecule has 0 aliphatic heterocycles. The largest absolute Gasteiger partial charge is 0.478 e. The maximum Gasteiger partial charge on any atom is 0.338 e. The molecule has 0 fully saturated rings. The van der Waals surface area contributed by atoms with Crippen LogP contribution in [0.15, 0.2) is 12.1 Å². The van der Waals surface area contributed by atoms with Crippen molar-refractivity contribution in [3.05, 3.63) is 28.5 Å². The first-order valence-corrected chi connectivity index (χ1v) is 4.94.